The number of likely N-dealkylation sites (tertiary alicyclic amines) is 2. The van der Waals surface area contributed by atoms with Gasteiger partial charge in [0, 0.05) is 13.1 Å². The minimum Gasteiger partial charge on any atom is -0.341 e. The molecule has 2 heterocycles. The molecular formula is C13H24N2O. The maximum Gasteiger partial charge on any atom is 0.239 e. The third kappa shape index (κ3) is 2.76. The third-order valence-electron chi connectivity index (χ3n) is 3.97. The van der Waals surface area contributed by atoms with Gasteiger partial charge in [-0.05, 0) is 39.3 Å². The van der Waals surface area contributed by atoms with Crippen LogP contribution < -0.4 is 0 Å². The van der Waals surface area contributed by atoms with Gasteiger partial charge in [-0.1, -0.05) is 19.3 Å². The maximum absolute atomic E-state index is 12.4. The third-order valence-corrected chi connectivity index (χ3v) is 3.97. The Morgan fingerprint density at radius 2 is 1.56 bits per heavy atom. The van der Waals surface area contributed by atoms with Crippen LogP contribution in [0.15, 0.2) is 0 Å². The summed E-state index contributed by atoms with van der Waals surface area (Å²) in [6.07, 6.45) is 8.51. The highest BCUT2D eigenvalue weighted by Crippen LogP contribution is 2.19. The molecule has 0 radical (unpaired) electrons. The zero-order valence-electron chi connectivity index (χ0n) is 10.5. The van der Waals surface area contributed by atoms with Crippen molar-refractivity contribution in [3.63, 3.8) is 0 Å². The summed E-state index contributed by atoms with van der Waals surface area (Å²) in [5, 5.41) is 0. The molecular weight excluding hydrogens is 200 g/mol. The summed E-state index contributed by atoms with van der Waals surface area (Å²) in [5.41, 5.74) is 0. The lowest BCUT2D eigenvalue weighted by Gasteiger charge is -2.35. The number of rotatable bonds is 1. The van der Waals surface area contributed by atoms with Crippen molar-refractivity contribution in [3.8, 4) is 0 Å². The highest BCUT2D eigenvalue weighted by atomic mass is 16.2. The summed E-state index contributed by atoms with van der Waals surface area (Å²) in [5.74, 6) is 0.393. The Morgan fingerprint density at radius 1 is 0.938 bits per heavy atom. The average Bonchev–Trinajstić information content (AvgIpc) is 2.57. The van der Waals surface area contributed by atoms with E-state index in [1.807, 2.05) is 0 Å². The van der Waals surface area contributed by atoms with Crippen LogP contribution >= 0.6 is 0 Å². The first-order chi connectivity index (χ1) is 7.79. The van der Waals surface area contributed by atoms with E-state index in [1.54, 1.807) is 0 Å². The Kier molecular flexibility index (Phi) is 4.22. The maximum atomic E-state index is 12.4. The van der Waals surface area contributed by atoms with Crippen LogP contribution in [0.25, 0.3) is 0 Å². The zero-order valence-corrected chi connectivity index (χ0v) is 10.5. The van der Waals surface area contributed by atoms with E-state index in [0.717, 1.165) is 26.1 Å². The van der Waals surface area contributed by atoms with E-state index in [9.17, 15) is 4.79 Å². The van der Waals surface area contributed by atoms with Crippen LogP contribution in [0.3, 0.4) is 0 Å². The van der Waals surface area contributed by atoms with E-state index in [2.05, 4.69) is 16.8 Å². The molecule has 1 amide bonds. The Bertz CT molecular complexity index is 234. The molecule has 3 nitrogen and oxygen atoms in total. The van der Waals surface area contributed by atoms with Gasteiger partial charge < -0.3 is 4.90 Å². The van der Waals surface area contributed by atoms with Gasteiger partial charge in [0.2, 0.25) is 5.91 Å². The Morgan fingerprint density at radius 3 is 2.19 bits per heavy atom. The molecule has 0 saturated carbocycles. The lowest BCUT2D eigenvalue weighted by molar-refractivity contribution is -0.137. The molecule has 0 aliphatic carbocycles. The highest BCUT2D eigenvalue weighted by molar-refractivity contribution is 5.82. The smallest absolute Gasteiger partial charge is 0.239 e. The Hall–Kier alpha value is -0.570. The molecule has 2 rings (SSSR count). The van der Waals surface area contributed by atoms with Gasteiger partial charge in [-0.25, -0.2) is 0 Å². The van der Waals surface area contributed by atoms with Gasteiger partial charge in [0.15, 0.2) is 0 Å². The second kappa shape index (κ2) is 5.67. The van der Waals surface area contributed by atoms with Crippen molar-refractivity contribution in [2.24, 2.45) is 0 Å². The van der Waals surface area contributed by atoms with Crippen molar-refractivity contribution in [2.75, 3.05) is 26.7 Å². The topological polar surface area (TPSA) is 23.6 Å². The molecule has 2 saturated heterocycles. The minimum atomic E-state index is 0.173. The normalized spacial score (nSPS) is 28.8. The number of piperidine rings is 1. The molecule has 0 spiro atoms. The molecule has 0 aromatic rings. The fourth-order valence-corrected chi connectivity index (χ4v) is 2.89. The van der Waals surface area contributed by atoms with E-state index >= 15 is 0 Å². The largest absolute Gasteiger partial charge is 0.341 e. The van der Waals surface area contributed by atoms with Gasteiger partial charge in [0.1, 0.15) is 0 Å². The number of amides is 1. The van der Waals surface area contributed by atoms with Crippen LogP contribution in [0, 0.1) is 0 Å². The van der Waals surface area contributed by atoms with E-state index in [0.29, 0.717) is 5.91 Å². The molecule has 2 aliphatic heterocycles. The van der Waals surface area contributed by atoms with Crippen molar-refractivity contribution in [3.05, 3.63) is 0 Å². The number of carbonyl (C=O) groups excluding carboxylic acids is 1. The van der Waals surface area contributed by atoms with Gasteiger partial charge in [-0.3, -0.25) is 9.69 Å². The molecule has 0 aromatic heterocycles. The number of hydrogen-bond donors (Lipinski definition) is 0. The van der Waals surface area contributed by atoms with Crippen LogP contribution in [0.4, 0.5) is 0 Å². The molecule has 0 N–H and O–H groups in total. The van der Waals surface area contributed by atoms with Crippen molar-refractivity contribution in [1.29, 1.82) is 0 Å². The molecule has 1 atom stereocenters. The first-order valence-corrected chi connectivity index (χ1v) is 6.78. The number of likely N-dealkylation sites (N-methyl/N-ethyl adjacent to an activating group) is 1. The molecule has 1 unspecified atom stereocenters. The number of carbonyl (C=O) groups is 1. The molecule has 2 aliphatic rings. The average molecular weight is 224 g/mol. The van der Waals surface area contributed by atoms with Crippen molar-refractivity contribution in [1.82, 2.24) is 9.80 Å². The summed E-state index contributed by atoms with van der Waals surface area (Å²) in [6, 6.07) is 0.173. The van der Waals surface area contributed by atoms with Crippen LogP contribution in [-0.2, 0) is 4.79 Å². The summed E-state index contributed by atoms with van der Waals surface area (Å²) >= 11 is 0. The predicted octanol–water partition coefficient (Wildman–Crippen LogP) is 1.87. The van der Waals surface area contributed by atoms with Gasteiger partial charge in [-0.15, -0.1) is 0 Å². The van der Waals surface area contributed by atoms with Crippen molar-refractivity contribution >= 4 is 5.91 Å². The second-order valence-electron chi connectivity index (χ2n) is 5.23. The van der Waals surface area contributed by atoms with Crippen LogP contribution in [-0.4, -0.2) is 48.4 Å². The molecule has 0 bridgehead atoms. The van der Waals surface area contributed by atoms with E-state index in [-0.39, 0.29) is 6.04 Å². The molecule has 3 heteroatoms. The summed E-state index contributed by atoms with van der Waals surface area (Å²) in [6.45, 7) is 3.07. The quantitative estimate of drug-likeness (QED) is 0.679. The van der Waals surface area contributed by atoms with Gasteiger partial charge in [-0.2, -0.15) is 0 Å². The Labute approximate surface area is 98.8 Å². The van der Waals surface area contributed by atoms with E-state index in [4.69, 9.17) is 0 Å². The number of nitrogens with zero attached hydrogens (tertiary/aromatic N) is 2. The SMILES string of the molecule is CN1CCCCC1C(=O)N1CCCCCC1. The first kappa shape index (κ1) is 11.9. The van der Waals surface area contributed by atoms with E-state index in [1.165, 1.54) is 38.5 Å². The summed E-state index contributed by atoms with van der Waals surface area (Å²) in [7, 11) is 2.10. The van der Waals surface area contributed by atoms with Crippen molar-refractivity contribution in [2.45, 2.75) is 51.0 Å². The second-order valence-corrected chi connectivity index (χ2v) is 5.23. The monoisotopic (exact) mass is 224 g/mol. The van der Waals surface area contributed by atoms with E-state index < -0.39 is 0 Å². The molecule has 0 aromatic carbocycles. The number of hydrogen-bond acceptors (Lipinski definition) is 2. The summed E-state index contributed by atoms with van der Waals surface area (Å²) < 4.78 is 0. The van der Waals surface area contributed by atoms with Gasteiger partial charge in [0.05, 0.1) is 6.04 Å². The lowest BCUT2D eigenvalue weighted by Crippen LogP contribution is -2.49. The standard InChI is InChI=1S/C13H24N2O/c1-14-9-7-4-8-12(14)13(16)15-10-5-2-3-6-11-15/h12H,2-11H2,1H3. The predicted molar refractivity (Wildman–Crippen MR) is 65.3 cm³/mol. The van der Waals surface area contributed by atoms with Crippen LogP contribution in [0.2, 0.25) is 0 Å². The van der Waals surface area contributed by atoms with Gasteiger partial charge in [0.25, 0.3) is 0 Å². The molecule has 2 fully saturated rings. The Balaban J connectivity index is 1.93. The lowest BCUT2D eigenvalue weighted by atomic mass is 10.0. The van der Waals surface area contributed by atoms with Crippen molar-refractivity contribution < 1.29 is 4.79 Å². The highest BCUT2D eigenvalue weighted by Gasteiger charge is 2.29. The first-order valence-electron chi connectivity index (χ1n) is 6.78. The zero-order chi connectivity index (χ0) is 11.4. The summed E-state index contributed by atoms with van der Waals surface area (Å²) in [4.78, 5) is 16.8. The van der Waals surface area contributed by atoms with Gasteiger partial charge >= 0.3 is 0 Å². The van der Waals surface area contributed by atoms with Crippen LogP contribution in [0.1, 0.15) is 44.9 Å². The van der Waals surface area contributed by atoms with Crippen LogP contribution in [0.5, 0.6) is 0 Å². The fourth-order valence-electron chi connectivity index (χ4n) is 2.89. The molecule has 92 valence electrons. The fraction of sp³-hybridized carbons (Fsp3) is 0.923. The minimum absolute atomic E-state index is 0.173. The molecule has 16 heavy (non-hydrogen) atoms.